The monoisotopic (exact) mass is 416 g/mol. The molecule has 0 N–H and O–H groups in total. The fraction of sp³-hybridized carbons (Fsp3) is 0.500. The lowest BCUT2D eigenvalue weighted by Crippen LogP contribution is -2.51. The van der Waals surface area contributed by atoms with Gasteiger partial charge in [-0.2, -0.15) is 0 Å². The molecule has 0 bridgehead atoms. The maximum absolute atomic E-state index is 12.9. The molecule has 0 spiro atoms. The molecule has 1 saturated heterocycles. The minimum absolute atomic E-state index is 0.0130. The summed E-state index contributed by atoms with van der Waals surface area (Å²) in [7, 11) is 0. The van der Waals surface area contributed by atoms with Gasteiger partial charge in [0.25, 0.3) is 11.5 Å². The number of hydrogen-bond acceptors (Lipinski definition) is 6. The van der Waals surface area contributed by atoms with Gasteiger partial charge in [-0.3, -0.25) is 19.0 Å². The van der Waals surface area contributed by atoms with Crippen LogP contribution in [0, 0.1) is 6.92 Å². The Balaban J connectivity index is 1.40. The molecule has 2 aliphatic heterocycles. The van der Waals surface area contributed by atoms with Crippen molar-refractivity contribution in [3.63, 3.8) is 0 Å². The number of carbonyl (C=O) groups is 2. The van der Waals surface area contributed by atoms with E-state index in [4.69, 9.17) is 4.42 Å². The first-order valence-corrected chi connectivity index (χ1v) is 10.8. The molecule has 1 fully saturated rings. The lowest BCUT2D eigenvalue weighted by molar-refractivity contribution is -0.133. The van der Waals surface area contributed by atoms with Crippen molar-refractivity contribution in [2.24, 2.45) is 0 Å². The van der Waals surface area contributed by atoms with Crippen LogP contribution < -0.4 is 5.56 Å². The molecule has 0 saturated carbocycles. The Morgan fingerprint density at radius 2 is 1.97 bits per heavy atom. The van der Waals surface area contributed by atoms with Crippen LogP contribution in [0.15, 0.2) is 32.8 Å². The van der Waals surface area contributed by atoms with E-state index in [9.17, 15) is 14.4 Å². The number of nitrogens with zero attached hydrogens (tertiary/aromatic N) is 4. The molecule has 2 aliphatic rings. The van der Waals surface area contributed by atoms with Crippen LogP contribution in [-0.2, 0) is 11.2 Å². The third-order valence-corrected chi connectivity index (χ3v) is 6.67. The van der Waals surface area contributed by atoms with Gasteiger partial charge in [0.15, 0.2) is 10.9 Å². The second kappa shape index (κ2) is 8.06. The fourth-order valence-electron chi connectivity index (χ4n) is 3.92. The van der Waals surface area contributed by atoms with E-state index in [1.165, 1.54) is 18.0 Å². The van der Waals surface area contributed by atoms with Crippen LogP contribution in [0.5, 0.6) is 0 Å². The Labute approximate surface area is 172 Å². The van der Waals surface area contributed by atoms with Crippen LogP contribution in [0.3, 0.4) is 0 Å². The zero-order chi connectivity index (χ0) is 20.5. The number of aromatic nitrogens is 2. The van der Waals surface area contributed by atoms with E-state index < -0.39 is 0 Å². The molecule has 0 aromatic carbocycles. The molecule has 0 radical (unpaired) electrons. The summed E-state index contributed by atoms with van der Waals surface area (Å²) in [6, 6.07) is 3.16. The van der Waals surface area contributed by atoms with Crippen molar-refractivity contribution in [2.45, 2.75) is 37.9 Å². The molecule has 4 rings (SSSR count). The second-order valence-electron chi connectivity index (χ2n) is 7.31. The number of aryl methyl sites for hydroxylation is 1. The van der Waals surface area contributed by atoms with Gasteiger partial charge in [0, 0.05) is 49.6 Å². The van der Waals surface area contributed by atoms with Crippen LogP contribution in [0.25, 0.3) is 0 Å². The lowest BCUT2D eigenvalue weighted by atomic mass is 10.1. The molecule has 1 atom stereocenters. The lowest BCUT2D eigenvalue weighted by Gasteiger charge is -2.34. The van der Waals surface area contributed by atoms with Crippen molar-refractivity contribution in [2.75, 3.05) is 31.9 Å². The van der Waals surface area contributed by atoms with Gasteiger partial charge in [-0.1, -0.05) is 18.7 Å². The second-order valence-corrected chi connectivity index (χ2v) is 8.29. The van der Waals surface area contributed by atoms with Gasteiger partial charge >= 0.3 is 0 Å². The quantitative estimate of drug-likeness (QED) is 0.706. The number of piperazine rings is 1. The average Bonchev–Trinajstić information content (AvgIpc) is 3.38. The summed E-state index contributed by atoms with van der Waals surface area (Å²) in [6.07, 6.45) is 2.39. The summed E-state index contributed by atoms with van der Waals surface area (Å²) in [5.74, 6) is 0.859. The first-order valence-electron chi connectivity index (χ1n) is 9.85. The zero-order valence-corrected chi connectivity index (χ0v) is 17.4. The van der Waals surface area contributed by atoms with Crippen LogP contribution in [-0.4, -0.2) is 63.1 Å². The van der Waals surface area contributed by atoms with Crippen LogP contribution in [0.4, 0.5) is 0 Å². The summed E-state index contributed by atoms with van der Waals surface area (Å²) < 4.78 is 6.87. The highest BCUT2D eigenvalue weighted by Crippen LogP contribution is 2.33. The highest BCUT2D eigenvalue weighted by molar-refractivity contribution is 7.99. The summed E-state index contributed by atoms with van der Waals surface area (Å²) >= 11 is 1.53. The number of fused-ring (bicyclic) bond motifs is 1. The molecule has 29 heavy (non-hydrogen) atoms. The van der Waals surface area contributed by atoms with Gasteiger partial charge in [0.2, 0.25) is 5.91 Å². The van der Waals surface area contributed by atoms with Crippen molar-refractivity contribution in [1.82, 2.24) is 19.4 Å². The van der Waals surface area contributed by atoms with E-state index in [-0.39, 0.29) is 29.8 Å². The first kappa shape index (κ1) is 19.8. The predicted molar refractivity (Wildman–Crippen MR) is 108 cm³/mol. The minimum atomic E-state index is -0.170. The van der Waals surface area contributed by atoms with Crippen molar-refractivity contribution < 1.29 is 14.0 Å². The molecule has 2 aromatic rings. The van der Waals surface area contributed by atoms with Crippen molar-refractivity contribution in [3.05, 3.63) is 45.8 Å². The number of carbonyl (C=O) groups excluding carboxylic acids is 2. The minimum Gasteiger partial charge on any atom is -0.459 e. The van der Waals surface area contributed by atoms with E-state index >= 15 is 0 Å². The van der Waals surface area contributed by atoms with Crippen LogP contribution in [0.2, 0.25) is 0 Å². The molecule has 0 aliphatic carbocycles. The van der Waals surface area contributed by atoms with Gasteiger partial charge in [-0.15, -0.1) is 0 Å². The Morgan fingerprint density at radius 3 is 2.62 bits per heavy atom. The Bertz CT molecular complexity index is 977. The van der Waals surface area contributed by atoms with Crippen molar-refractivity contribution >= 4 is 23.6 Å². The number of thioether (sulfide) groups is 1. The highest BCUT2D eigenvalue weighted by atomic mass is 32.2. The zero-order valence-electron chi connectivity index (χ0n) is 16.6. The van der Waals surface area contributed by atoms with Gasteiger partial charge in [0.05, 0.1) is 12.3 Å². The largest absolute Gasteiger partial charge is 0.459 e. The van der Waals surface area contributed by atoms with E-state index in [0.29, 0.717) is 49.3 Å². The van der Waals surface area contributed by atoms with E-state index in [2.05, 4.69) is 4.98 Å². The third kappa shape index (κ3) is 3.71. The number of amides is 2. The first-order chi connectivity index (χ1) is 14.0. The van der Waals surface area contributed by atoms with Crippen LogP contribution in [0.1, 0.15) is 41.2 Å². The van der Waals surface area contributed by atoms with Crippen molar-refractivity contribution in [3.8, 4) is 0 Å². The number of hydrogen-bond donors (Lipinski definition) is 0. The summed E-state index contributed by atoms with van der Waals surface area (Å²) in [5.41, 5.74) is 1.48. The topological polar surface area (TPSA) is 88.7 Å². The summed E-state index contributed by atoms with van der Waals surface area (Å²) in [5, 5.41) is 0.705. The normalized spacial score (nSPS) is 18.8. The van der Waals surface area contributed by atoms with E-state index in [1.807, 2.05) is 13.8 Å². The third-order valence-electron chi connectivity index (χ3n) is 5.57. The van der Waals surface area contributed by atoms with Gasteiger partial charge in [0.1, 0.15) is 0 Å². The summed E-state index contributed by atoms with van der Waals surface area (Å²) in [6.45, 7) is 5.73. The van der Waals surface area contributed by atoms with Crippen molar-refractivity contribution in [1.29, 1.82) is 0 Å². The molecule has 4 heterocycles. The molecule has 2 aromatic heterocycles. The molecule has 154 valence electrons. The maximum Gasteiger partial charge on any atom is 0.289 e. The Kier molecular flexibility index (Phi) is 5.49. The maximum atomic E-state index is 12.9. The Morgan fingerprint density at radius 1 is 1.24 bits per heavy atom. The highest BCUT2D eigenvalue weighted by Gasteiger charge is 2.32. The molecular formula is C20H24N4O4S. The molecular weight excluding hydrogens is 392 g/mol. The standard InChI is InChI=1S/C20H24N4O4S/c1-3-15-13(2)21-20-24(18(15)26)14(12-29-20)11-17(25)22-6-8-23(9-7-22)19(27)16-5-4-10-28-16/h4-5,10,14H,3,6-9,11-12H2,1-2H3. The van der Waals surface area contributed by atoms with Gasteiger partial charge in [-0.05, 0) is 25.5 Å². The Hall–Kier alpha value is -2.55. The van der Waals surface area contributed by atoms with Gasteiger partial charge < -0.3 is 14.2 Å². The molecule has 9 heteroatoms. The molecule has 8 nitrogen and oxygen atoms in total. The van der Waals surface area contributed by atoms with E-state index in [1.54, 1.807) is 26.5 Å². The predicted octanol–water partition coefficient (Wildman–Crippen LogP) is 1.73. The van der Waals surface area contributed by atoms with Gasteiger partial charge in [-0.25, -0.2) is 4.98 Å². The summed E-state index contributed by atoms with van der Waals surface area (Å²) in [4.78, 5) is 46.1. The number of furan rings is 1. The molecule has 1 unspecified atom stereocenters. The SMILES string of the molecule is CCc1c(C)nc2n(c1=O)C(CC(=O)N1CCN(C(=O)c3ccco3)CC1)CS2. The smallest absolute Gasteiger partial charge is 0.289 e. The average molecular weight is 417 g/mol. The fourth-order valence-corrected chi connectivity index (χ4v) is 5.10. The van der Waals surface area contributed by atoms with Crippen LogP contribution >= 0.6 is 11.8 Å². The molecule has 2 amide bonds. The van der Waals surface area contributed by atoms with E-state index in [0.717, 1.165) is 11.3 Å². The number of rotatable bonds is 4.